The van der Waals surface area contributed by atoms with Gasteiger partial charge in [-0.15, -0.1) is 10.2 Å². The molecule has 3 aromatic rings. The van der Waals surface area contributed by atoms with Crippen molar-refractivity contribution in [1.82, 2.24) is 20.6 Å². The lowest BCUT2D eigenvalue weighted by Gasteiger charge is -2.19. The Labute approximate surface area is 166 Å². The zero-order valence-corrected chi connectivity index (χ0v) is 15.8. The van der Waals surface area contributed by atoms with Crippen LogP contribution in [-0.4, -0.2) is 34.8 Å². The minimum Gasteiger partial charge on any atom is -0.494 e. The number of alkyl halides is 2. The number of nitrogens with zero attached hydrogens (tertiary/aromatic N) is 3. The molecule has 2 aromatic carbocycles. The average Bonchev–Trinajstić information content (AvgIpc) is 3.21. The predicted octanol–water partition coefficient (Wildman–Crippen LogP) is 4.14. The highest BCUT2D eigenvalue weighted by Gasteiger charge is 2.40. The summed E-state index contributed by atoms with van der Waals surface area (Å²) in [6, 6.07) is 4.84. The summed E-state index contributed by atoms with van der Waals surface area (Å²) in [4.78, 5) is 0. The van der Waals surface area contributed by atoms with Gasteiger partial charge >= 0.3 is 0 Å². The summed E-state index contributed by atoms with van der Waals surface area (Å²) in [7, 11) is 2.46. The molecule has 0 saturated carbocycles. The molecule has 0 fully saturated rings. The van der Waals surface area contributed by atoms with Gasteiger partial charge in [0.1, 0.15) is 11.6 Å². The molecule has 0 bridgehead atoms. The molecule has 1 aromatic heterocycles. The van der Waals surface area contributed by atoms with E-state index in [1.165, 1.54) is 14.2 Å². The fourth-order valence-electron chi connectivity index (χ4n) is 2.07. The summed E-state index contributed by atoms with van der Waals surface area (Å²) in [6.45, 7) is 0. The Morgan fingerprint density at radius 1 is 0.929 bits per heavy atom. The van der Waals surface area contributed by atoms with Crippen molar-refractivity contribution in [2.45, 2.75) is 4.33 Å². The molecule has 0 radical (unpaired) electrons. The number of nitrogens with one attached hydrogen (secondary N) is 1. The minimum absolute atomic E-state index is 0.0694. The molecule has 0 aliphatic heterocycles. The van der Waals surface area contributed by atoms with Gasteiger partial charge in [-0.25, -0.2) is 17.6 Å². The number of ether oxygens (including phenoxy) is 2. The van der Waals surface area contributed by atoms with E-state index in [2.05, 4.69) is 25.4 Å². The van der Waals surface area contributed by atoms with Crippen molar-refractivity contribution in [3.05, 3.63) is 65.0 Å². The fraction of sp³-hybridized carbons (Fsp3) is 0.188. The number of methoxy groups -OCH3 is 2. The number of benzene rings is 2. The van der Waals surface area contributed by atoms with Crippen molar-refractivity contribution in [2.75, 3.05) is 14.2 Å². The quantitative estimate of drug-likeness (QED) is 0.489. The van der Waals surface area contributed by atoms with Crippen LogP contribution >= 0.6 is 23.2 Å². The van der Waals surface area contributed by atoms with Crippen LogP contribution in [-0.2, 0) is 4.33 Å². The molecular formula is C16H12Cl2F4N4O2. The van der Waals surface area contributed by atoms with Crippen LogP contribution in [0.2, 0.25) is 0 Å². The van der Waals surface area contributed by atoms with Gasteiger partial charge in [0.05, 0.1) is 19.8 Å². The molecule has 1 N–H and O–H groups in total. The third kappa shape index (κ3) is 4.63. The Balaban J connectivity index is 0.000000237. The highest BCUT2D eigenvalue weighted by Crippen LogP contribution is 2.45. The number of H-pyrrole nitrogens is 1. The van der Waals surface area contributed by atoms with Crippen LogP contribution in [0.5, 0.6) is 11.5 Å². The minimum atomic E-state index is -2.02. The van der Waals surface area contributed by atoms with E-state index in [0.29, 0.717) is 0 Å². The first-order chi connectivity index (χ1) is 13.2. The van der Waals surface area contributed by atoms with Crippen LogP contribution in [0.1, 0.15) is 11.4 Å². The molecule has 0 aliphatic rings. The van der Waals surface area contributed by atoms with Crippen molar-refractivity contribution < 1.29 is 27.0 Å². The van der Waals surface area contributed by atoms with E-state index in [9.17, 15) is 17.6 Å². The average molecular weight is 439 g/mol. The molecule has 0 unspecified atom stereocenters. The van der Waals surface area contributed by atoms with E-state index in [1.54, 1.807) is 0 Å². The second kappa shape index (κ2) is 9.07. The second-order valence-corrected chi connectivity index (χ2v) is 6.35. The molecule has 0 spiro atoms. The van der Waals surface area contributed by atoms with Gasteiger partial charge in [0.25, 0.3) is 0 Å². The summed E-state index contributed by atoms with van der Waals surface area (Å²) in [5.74, 6) is -3.40. The maximum atomic E-state index is 13.8. The fourth-order valence-corrected chi connectivity index (χ4v) is 2.58. The monoisotopic (exact) mass is 438 g/mol. The molecule has 0 aliphatic carbocycles. The van der Waals surface area contributed by atoms with E-state index in [-0.39, 0.29) is 11.6 Å². The lowest BCUT2D eigenvalue weighted by Crippen LogP contribution is -2.18. The number of aromatic nitrogens is 4. The van der Waals surface area contributed by atoms with Crippen molar-refractivity contribution in [3.63, 3.8) is 0 Å². The van der Waals surface area contributed by atoms with Crippen molar-refractivity contribution in [1.29, 1.82) is 0 Å². The topological polar surface area (TPSA) is 72.9 Å². The number of tetrazole rings is 1. The Kier molecular flexibility index (Phi) is 7.03. The van der Waals surface area contributed by atoms with Crippen molar-refractivity contribution >= 4 is 23.2 Å². The first kappa shape index (κ1) is 21.7. The molecule has 6 nitrogen and oxygen atoms in total. The van der Waals surface area contributed by atoms with Crippen molar-refractivity contribution in [3.8, 4) is 11.5 Å². The maximum absolute atomic E-state index is 13.8. The van der Waals surface area contributed by atoms with Crippen molar-refractivity contribution in [2.24, 2.45) is 0 Å². The van der Waals surface area contributed by atoms with Gasteiger partial charge in [0.15, 0.2) is 23.1 Å². The zero-order valence-electron chi connectivity index (χ0n) is 14.3. The smallest absolute Gasteiger partial charge is 0.215 e. The van der Waals surface area contributed by atoms with Gasteiger partial charge in [-0.1, -0.05) is 28.4 Å². The summed E-state index contributed by atoms with van der Waals surface area (Å²) < 4.78 is 59.4. The lowest BCUT2D eigenvalue weighted by molar-refractivity contribution is 0.375. The highest BCUT2D eigenvalue weighted by atomic mass is 35.5. The van der Waals surface area contributed by atoms with Gasteiger partial charge in [-0.3, -0.25) is 0 Å². The Bertz CT molecular complexity index is 943. The maximum Gasteiger partial charge on any atom is 0.215 e. The first-order valence-corrected chi connectivity index (χ1v) is 8.11. The largest absolute Gasteiger partial charge is 0.494 e. The summed E-state index contributed by atoms with van der Waals surface area (Å²) >= 11 is 12.0. The van der Waals surface area contributed by atoms with Gasteiger partial charge in [-0.2, -0.15) is 5.21 Å². The molecule has 12 heteroatoms. The molecule has 28 heavy (non-hydrogen) atoms. The third-order valence-electron chi connectivity index (χ3n) is 3.32. The van der Waals surface area contributed by atoms with E-state index in [1.807, 2.05) is 0 Å². The van der Waals surface area contributed by atoms with Crippen LogP contribution in [0.25, 0.3) is 0 Å². The second-order valence-electron chi connectivity index (χ2n) is 5.03. The Morgan fingerprint density at radius 3 is 2.11 bits per heavy atom. The van der Waals surface area contributed by atoms with E-state index >= 15 is 0 Å². The summed E-state index contributed by atoms with van der Waals surface area (Å²) in [5, 5.41) is 12.5. The molecule has 0 saturated heterocycles. The molecule has 0 atom stereocenters. The van der Waals surface area contributed by atoms with Crippen LogP contribution in [0.3, 0.4) is 0 Å². The number of hydrogen-bond acceptors (Lipinski definition) is 5. The normalized spacial score (nSPS) is 10.9. The van der Waals surface area contributed by atoms with Gasteiger partial charge in [0.2, 0.25) is 10.2 Å². The van der Waals surface area contributed by atoms with E-state index < -0.39 is 38.9 Å². The Hall–Kier alpha value is -2.59. The molecule has 1 heterocycles. The van der Waals surface area contributed by atoms with Crippen LogP contribution in [0.15, 0.2) is 30.3 Å². The van der Waals surface area contributed by atoms with E-state index in [4.69, 9.17) is 27.9 Å². The van der Waals surface area contributed by atoms with E-state index in [0.717, 1.165) is 30.3 Å². The zero-order chi connectivity index (χ0) is 20.9. The first-order valence-electron chi connectivity index (χ1n) is 7.35. The highest BCUT2D eigenvalue weighted by molar-refractivity contribution is 6.49. The van der Waals surface area contributed by atoms with Gasteiger partial charge < -0.3 is 9.47 Å². The standard InChI is InChI=1S/C9H6Cl2F2N4O.C7H6F2O/c1-18-7-5(13)3-2-4(12)6(7)9(10,11)8-14-16-17-15-8;1-10-7-4-5(8)2-3-6(7)9/h2-3H,1H3,(H,14,15,16,17);2-4H,1H3. The summed E-state index contributed by atoms with van der Waals surface area (Å²) in [5.41, 5.74) is -0.408. The molecule has 3 rings (SSSR count). The van der Waals surface area contributed by atoms with Gasteiger partial charge in [0, 0.05) is 6.07 Å². The summed E-state index contributed by atoms with van der Waals surface area (Å²) in [6.07, 6.45) is 0. The predicted molar refractivity (Wildman–Crippen MR) is 92.5 cm³/mol. The lowest BCUT2D eigenvalue weighted by atomic mass is 10.1. The third-order valence-corrected chi connectivity index (χ3v) is 4.03. The number of hydrogen-bond donors (Lipinski definition) is 1. The molecular weight excluding hydrogens is 427 g/mol. The van der Waals surface area contributed by atoms with Gasteiger partial charge in [-0.05, 0) is 24.3 Å². The van der Waals surface area contributed by atoms with Crippen LogP contribution < -0.4 is 9.47 Å². The number of aromatic amines is 1. The molecule has 0 amide bonds. The molecule has 150 valence electrons. The Morgan fingerprint density at radius 2 is 1.57 bits per heavy atom. The van der Waals surface area contributed by atoms with Crippen LogP contribution in [0, 0.1) is 23.3 Å². The SMILES string of the molecule is COc1c(F)ccc(F)c1C(Cl)(Cl)c1nn[nH]n1.COc1cc(F)ccc1F. The number of halogens is 6. The number of rotatable bonds is 4. The van der Waals surface area contributed by atoms with Crippen LogP contribution in [0.4, 0.5) is 17.6 Å².